The first-order valence-electron chi connectivity index (χ1n) is 34.2. The lowest BCUT2D eigenvalue weighted by Gasteiger charge is -2.45. The average Bonchev–Trinajstić information content (AvgIpc) is 0.791. The van der Waals surface area contributed by atoms with Crippen molar-refractivity contribution in [1.29, 1.82) is 0 Å². The summed E-state index contributed by atoms with van der Waals surface area (Å²) in [6.45, 7) is 9.77. The summed E-state index contributed by atoms with van der Waals surface area (Å²) in [5.74, 6) is -0.703. The molecule has 0 saturated carbocycles. The summed E-state index contributed by atoms with van der Waals surface area (Å²) in [7, 11) is -5.06. The second-order valence-electron chi connectivity index (χ2n) is 25.5. The molecule has 0 aromatic heterocycles. The van der Waals surface area contributed by atoms with Gasteiger partial charge in [-0.25, -0.2) is 8.98 Å². The Morgan fingerprint density at radius 2 is 0.857 bits per heavy atom. The maximum absolute atomic E-state index is 13.7. The van der Waals surface area contributed by atoms with Crippen molar-refractivity contribution in [3.05, 3.63) is 215 Å². The lowest BCUT2D eigenvalue weighted by molar-refractivity contribution is -0.320. The molecule has 3 amide bonds. The predicted molar refractivity (Wildman–Crippen MR) is 368 cm³/mol. The minimum Gasteiger partial charge on any atom is -0.444 e. The smallest absolute Gasteiger partial charge is 0.408 e. The lowest BCUT2D eigenvalue weighted by atomic mass is 9.98. The molecule has 0 radical (unpaired) electrons. The largest absolute Gasteiger partial charge is 0.444 e. The first kappa shape index (κ1) is 76.7. The van der Waals surface area contributed by atoms with Crippen molar-refractivity contribution in [2.24, 2.45) is 0 Å². The van der Waals surface area contributed by atoms with Gasteiger partial charge in [-0.2, -0.15) is 8.42 Å². The van der Waals surface area contributed by atoms with Crippen LogP contribution >= 0.6 is 0 Å². The van der Waals surface area contributed by atoms with Crippen LogP contribution in [0.2, 0.25) is 0 Å². The van der Waals surface area contributed by atoms with Gasteiger partial charge in [-0.05, 0) is 93.2 Å². The van der Waals surface area contributed by atoms with E-state index in [1.165, 1.54) is 0 Å². The van der Waals surface area contributed by atoms with Crippen molar-refractivity contribution in [3.63, 3.8) is 0 Å². The van der Waals surface area contributed by atoms with E-state index in [9.17, 15) is 27.4 Å². The molecule has 0 aliphatic carbocycles. The summed E-state index contributed by atoms with van der Waals surface area (Å²) >= 11 is 0. The summed E-state index contributed by atoms with van der Waals surface area (Å²) in [6.07, 6.45) is -3.73. The molecule has 2 aliphatic heterocycles. The predicted octanol–water partition coefficient (Wildman–Crippen LogP) is 11.8. The number of rotatable bonds is 42. The molecule has 8 rings (SSSR count). The van der Waals surface area contributed by atoms with Crippen molar-refractivity contribution in [2.45, 2.75) is 205 Å². The van der Waals surface area contributed by atoms with Crippen LogP contribution in [0.15, 0.2) is 182 Å². The fraction of sp³-hybridized carbons (Fsp3) is 0.487. The highest BCUT2D eigenvalue weighted by molar-refractivity contribution is 7.80. The first-order chi connectivity index (χ1) is 47.5. The highest BCUT2D eigenvalue weighted by Crippen LogP contribution is 2.34. The van der Waals surface area contributed by atoms with E-state index in [1.54, 1.807) is 20.8 Å². The Bertz CT molecular complexity index is 3310. The fourth-order valence-corrected chi connectivity index (χ4v) is 11.9. The second kappa shape index (κ2) is 41.5. The molecule has 2 aliphatic rings. The van der Waals surface area contributed by atoms with Crippen LogP contribution in [-0.2, 0) is 116 Å². The van der Waals surface area contributed by atoms with E-state index in [0.29, 0.717) is 71.6 Å². The van der Waals surface area contributed by atoms with Crippen molar-refractivity contribution < 1.29 is 83.6 Å². The molecule has 0 bridgehead atoms. The topological polar surface area (TPSA) is 252 Å². The Kier molecular flexibility index (Phi) is 32.5. The van der Waals surface area contributed by atoms with Gasteiger partial charge in [0.05, 0.1) is 52.4 Å². The summed E-state index contributed by atoms with van der Waals surface area (Å²) in [5, 5.41) is 8.56. The van der Waals surface area contributed by atoms with Crippen molar-refractivity contribution in [3.8, 4) is 0 Å². The van der Waals surface area contributed by atoms with Crippen LogP contribution in [0.4, 0.5) is 4.79 Å². The van der Waals surface area contributed by atoms with E-state index >= 15 is 0 Å². The van der Waals surface area contributed by atoms with E-state index in [2.05, 4.69) is 16.0 Å². The quantitative estimate of drug-likeness (QED) is 0.0205. The van der Waals surface area contributed by atoms with Gasteiger partial charge in [-0.3, -0.25) is 14.1 Å². The Morgan fingerprint density at radius 3 is 1.31 bits per heavy atom. The van der Waals surface area contributed by atoms with E-state index in [4.69, 9.17) is 56.3 Å². The molecule has 4 N–H and O–H groups in total. The van der Waals surface area contributed by atoms with Crippen LogP contribution in [-0.4, -0.2) is 137 Å². The number of carbonyl (C=O) groups is 3. The highest BCUT2D eigenvalue weighted by atomic mass is 32.3. The minimum atomic E-state index is -5.06. The van der Waals surface area contributed by atoms with E-state index < -0.39 is 89.4 Å². The summed E-state index contributed by atoms with van der Waals surface area (Å²) in [4.78, 5) is 39.9. The maximum Gasteiger partial charge on any atom is 0.408 e. The SMILES string of the molecule is C[C@@H]1O[C@@H](OCCCCCCNC(=O)[C@H](CCC(=O)NCCCCCCO[C@@H]2O[C@H](COCc3ccccc3)[C@H](OCc3ccccc3)[C@H](OS(=O)(=O)O)[C@H]2OCc2ccccc2)NC(=O)OC(C)(C)C)[C@@H](OCc2ccccc2)[C@H](OCc2ccccc2)[C@@H]1OCc1ccccc1. The summed E-state index contributed by atoms with van der Waals surface area (Å²) < 4.78 is 111. The normalized spacial score (nSPS) is 21.4. The standard InChI is InChI=1S/C76H99N3O18S/c1-56-66(89-50-58-33-17-10-18-34-58)68(91-52-60-37-21-12-22-38-60)70(92-53-61-39-23-13-24-40-61)73(94-56)87-47-29-8-6-28-46-78-72(81)63(79-75(82)96-76(2,3)4)43-44-65(80)77-45-27-5-7-30-48-88-74-71(93-54-62-41-25-14-26-42-62)69(97-98(83,84)85)67(90-51-59-35-19-11-20-36-59)64(95-74)55-86-49-57-31-15-9-16-32-57/h9-26,31-42,56,63-64,66-71,73-74H,5-8,27-30,43-55H2,1-4H3,(H,77,80)(H,78,81)(H,79,82)(H,83,84,85)/t56-,63-,64+,66+,67-,68+,69-,70-,71+,73+,74+/m0/s1. The molecular formula is C76H99N3O18S. The van der Waals surface area contributed by atoms with Crippen LogP contribution in [0.25, 0.3) is 0 Å². The second-order valence-corrected chi connectivity index (χ2v) is 26.5. The van der Waals surface area contributed by atoms with Crippen LogP contribution in [0.5, 0.6) is 0 Å². The van der Waals surface area contributed by atoms with Gasteiger partial charge < -0.3 is 68.1 Å². The molecule has 11 atom stereocenters. The monoisotopic (exact) mass is 1370 g/mol. The Hall–Kier alpha value is -7.00. The van der Waals surface area contributed by atoms with Gasteiger partial charge in [0, 0.05) is 32.7 Å². The zero-order valence-corrected chi connectivity index (χ0v) is 57.6. The van der Waals surface area contributed by atoms with Crippen LogP contribution in [0.3, 0.4) is 0 Å². The number of benzene rings is 6. The molecule has 2 heterocycles. The van der Waals surface area contributed by atoms with Gasteiger partial charge in [0.1, 0.15) is 54.4 Å². The number of carbonyl (C=O) groups excluding carboxylic acids is 3. The molecule has 98 heavy (non-hydrogen) atoms. The van der Waals surface area contributed by atoms with Gasteiger partial charge in [0.2, 0.25) is 11.8 Å². The number of alkyl carbamates (subject to hydrolysis) is 1. The number of amides is 3. The molecular weight excluding hydrogens is 1270 g/mol. The number of hydrogen-bond acceptors (Lipinski definition) is 17. The zero-order valence-electron chi connectivity index (χ0n) is 56.8. The van der Waals surface area contributed by atoms with Gasteiger partial charge in [-0.1, -0.05) is 208 Å². The van der Waals surface area contributed by atoms with E-state index in [0.717, 1.165) is 52.6 Å². The lowest BCUT2D eigenvalue weighted by Crippen LogP contribution is -2.62. The van der Waals surface area contributed by atoms with Crippen LogP contribution < -0.4 is 16.0 Å². The molecule has 2 saturated heterocycles. The third-order valence-electron chi connectivity index (χ3n) is 16.4. The summed E-state index contributed by atoms with van der Waals surface area (Å²) in [6, 6.07) is 57.1. The molecule has 0 spiro atoms. The van der Waals surface area contributed by atoms with Gasteiger partial charge >= 0.3 is 16.5 Å². The van der Waals surface area contributed by atoms with E-state index in [-0.39, 0.29) is 57.9 Å². The van der Waals surface area contributed by atoms with Crippen LogP contribution in [0.1, 0.15) is 125 Å². The molecule has 22 heteroatoms. The van der Waals surface area contributed by atoms with Crippen LogP contribution in [0, 0.1) is 0 Å². The van der Waals surface area contributed by atoms with E-state index in [1.807, 2.05) is 189 Å². The molecule has 532 valence electrons. The molecule has 6 aromatic carbocycles. The van der Waals surface area contributed by atoms with Crippen molar-refractivity contribution in [2.75, 3.05) is 32.9 Å². The molecule has 2 fully saturated rings. The minimum absolute atomic E-state index is 0.0295. The maximum atomic E-state index is 13.7. The fourth-order valence-electron chi connectivity index (χ4n) is 11.4. The third-order valence-corrected chi connectivity index (χ3v) is 16.8. The van der Waals surface area contributed by atoms with Gasteiger partial charge in [-0.15, -0.1) is 0 Å². The third kappa shape index (κ3) is 28.0. The number of ether oxygens (including phenoxy) is 11. The first-order valence-corrected chi connectivity index (χ1v) is 35.5. The van der Waals surface area contributed by atoms with Gasteiger partial charge in [0.15, 0.2) is 12.6 Å². The summed E-state index contributed by atoms with van der Waals surface area (Å²) in [5.41, 5.74) is 4.75. The Morgan fingerprint density at radius 1 is 0.469 bits per heavy atom. The zero-order chi connectivity index (χ0) is 69.2. The van der Waals surface area contributed by atoms with Crippen molar-refractivity contribution in [1.82, 2.24) is 16.0 Å². The van der Waals surface area contributed by atoms with Gasteiger partial charge in [0.25, 0.3) is 0 Å². The molecule has 21 nitrogen and oxygen atoms in total. The average molecular weight is 1370 g/mol. The Balaban J connectivity index is 0.779. The van der Waals surface area contributed by atoms with Crippen molar-refractivity contribution >= 4 is 28.3 Å². The number of hydrogen-bond donors (Lipinski definition) is 4. The Labute approximate surface area is 578 Å². The molecule has 6 aromatic rings. The number of unbranched alkanes of at least 4 members (excludes halogenated alkanes) is 6. The highest BCUT2D eigenvalue weighted by Gasteiger charge is 2.51. The molecule has 0 unspecified atom stereocenters. The number of nitrogens with one attached hydrogen (secondary N) is 3.